The number of ether oxygens (including phenoxy) is 1. The van der Waals surface area contributed by atoms with Crippen molar-refractivity contribution in [3.63, 3.8) is 0 Å². The largest absolute Gasteiger partial charge is 0.384 e. The van der Waals surface area contributed by atoms with Crippen molar-refractivity contribution < 1.29 is 14.3 Å². The zero-order valence-electron chi connectivity index (χ0n) is 16.3. The Kier molecular flexibility index (Phi) is 5.37. The predicted molar refractivity (Wildman–Crippen MR) is 97.6 cm³/mol. The average molecular weight is 362 g/mol. The highest BCUT2D eigenvalue weighted by Gasteiger charge is 2.50. The Hall–Kier alpha value is -1.89. The van der Waals surface area contributed by atoms with E-state index in [4.69, 9.17) is 4.74 Å². The lowest BCUT2D eigenvalue weighted by Crippen LogP contribution is -2.51. The molecule has 2 atom stereocenters. The fourth-order valence-electron chi connectivity index (χ4n) is 4.53. The summed E-state index contributed by atoms with van der Waals surface area (Å²) < 4.78 is 7.38. The van der Waals surface area contributed by atoms with Gasteiger partial charge in [-0.1, -0.05) is 0 Å². The molecule has 1 aromatic rings. The molecule has 2 aliphatic heterocycles. The van der Waals surface area contributed by atoms with Crippen molar-refractivity contribution >= 4 is 11.8 Å². The molecule has 0 aromatic carbocycles. The van der Waals surface area contributed by atoms with E-state index in [-0.39, 0.29) is 23.1 Å². The van der Waals surface area contributed by atoms with Crippen molar-refractivity contribution in [1.29, 1.82) is 0 Å². The summed E-state index contributed by atoms with van der Waals surface area (Å²) >= 11 is 0. The zero-order valence-corrected chi connectivity index (χ0v) is 16.3. The van der Waals surface area contributed by atoms with E-state index >= 15 is 0 Å². The summed E-state index contributed by atoms with van der Waals surface area (Å²) in [4.78, 5) is 28.4. The third-order valence-corrected chi connectivity index (χ3v) is 6.00. The molecule has 3 heterocycles. The summed E-state index contributed by atoms with van der Waals surface area (Å²) in [6.45, 7) is 9.78. The van der Waals surface area contributed by atoms with Gasteiger partial charge in [0.15, 0.2) is 0 Å². The number of rotatable bonds is 5. The zero-order chi connectivity index (χ0) is 18.9. The van der Waals surface area contributed by atoms with Crippen LogP contribution in [-0.2, 0) is 20.9 Å². The highest BCUT2D eigenvalue weighted by molar-refractivity contribution is 5.76. The van der Waals surface area contributed by atoms with Gasteiger partial charge >= 0.3 is 0 Å². The van der Waals surface area contributed by atoms with Crippen molar-refractivity contribution in [3.8, 4) is 0 Å². The van der Waals surface area contributed by atoms with Crippen molar-refractivity contribution in [1.82, 2.24) is 19.6 Å². The molecule has 7 heteroatoms. The van der Waals surface area contributed by atoms with E-state index in [2.05, 4.69) is 5.10 Å². The second-order valence-corrected chi connectivity index (χ2v) is 7.88. The first-order valence-electron chi connectivity index (χ1n) is 9.38. The topological polar surface area (TPSA) is 67.7 Å². The minimum absolute atomic E-state index is 0.00706. The van der Waals surface area contributed by atoms with E-state index < -0.39 is 0 Å². The van der Waals surface area contributed by atoms with Crippen LogP contribution in [0.1, 0.15) is 31.2 Å². The summed E-state index contributed by atoms with van der Waals surface area (Å²) in [5.41, 5.74) is 2.06. The minimum atomic E-state index is -0.00706. The number of likely N-dealkylation sites (tertiary alicyclic amines) is 2. The molecule has 2 saturated heterocycles. The molecule has 0 N–H and O–H groups in total. The van der Waals surface area contributed by atoms with E-state index in [0.29, 0.717) is 26.1 Å². The molecular formula is C19H30N4O3. The number of carbonyl (C=O) groups excluding carboxylic acids is 2. The number of hydrogen-bond donors (Lipinski definition) is 0. The van der Waals surface area contributed by atoms with E-state index in [1.54, 1.807) is 14.0 Å². The maximum atomic E-state index is 12.7. The van der Waals surface area contributed by atoms with Crippen LogP contribution in [-0.4, -0.2) is 71.3 Å². The molecule has 0 spiro atoms. The van der Waals surface area contributed by atoms with Crippen LogP contribution in [0.2, 0.25) is 0 Å². The van der Waals surface area contributed by atoms with Crippen LogP contribution in [0.25, 0.3) is 0 Å². The first kappa shape index (κ1) is 18.9. The fourth-order valence-corrected chi connectivity index (χ4v) is 4.53. The van der Waals surface area contributed by atoms with Gasteiger partial charge < -0.3 is 14.5 Å². The Bertz CT molecular complexity index is 686. The minimum Gasteiger partial charge on any atom is -0.384 e. The number of hydrogen-bond acceptors (Lipinski definition) is 4. The molecule has 2 amide bonds. The van der Waals surface area contributed by atoms with Gasteiger partial charge in [-0.15, -0.1) is 0 Å². The van der Waals surface area contributed by atoms with Gasteiger partial charge in [0, 0.05) is 70.2 Å². The Morgan fingerprint density at radius 1 is 1.31 bits per heavy atom. The summed E-state index contributed by atoms with van der Waals surface area (Å²) in [7, 11) is 1.72. The van der Waals surface area contributed by atoms with E-state index in [1.807, 2.05) is 34.4 Å². The number of amides is 2. The molecular weight excluding hydrogens is 332 g/mol. The van der Waals surface area contributed by atoms with Crippen LogP contribution in [0.5, 0.6) is 0 Å². The van der Waals surface area contributed by atoms with E-state index in [0.717, 1.165) is 37.4 Å². The van der Waals surface area contributed by atoms with Gasteiger partial charge in [-0.25, -0.2) is 0 Å². The van der Waals surface area contributed by atoms with Crippen molar-refractivity contribution in [2.24, 2.45) is 11.3 Å². The predicted octanol–water partition coefficient (Wildman–Crippen LogP) is 1.23. The van der Waals surface area contributed by atoms with Crippen LogP contribution >= 0.6 is 0 Å². The lowest BCUT2D eigenvalue weighted by Gasteiger charge is -2.43. The number of methoxy groups -OCH3 is 1. The standard InChI is InChI=1S/C19H30N4O3/c1-14-9-15(2)23(20-14)7-5-18(25)21-8-6-19(13-26-4)12-22(16(3)24)11-17(19)10-21/h9,17H,5-8,10-13H2,1-4H3/t17-,19+/m1/s1. The fraction of sp³-hybridized carbons (Fsp3) is 0.737. The molecule has 0 saturated carbocycles. The first-order chi connectivity index (χ1) is 12.3. The van der Waals surface area contributed by atoms with E-state index in [1.165, 1.54) is 0 Å². The van der Waals surface area contributed by atoms with Gasteiger partial charge in [-0.05, 0) is 26.3 Å². The van der Waals surface area contributed by atoms with Gasteiger partial charge in [0.1, 0.15) is 0 Å². The molecule has 2 fully saturated rings. The van der Waals surface area contributed by atoms with Crippen molar-refractivity contribution in [2.45, 2.75) is 40.2 Å². The maximum absolute atomic E-state index is 12.7. The van der Waals surface area contributed by atoms with Crippen LogP contribution < -0.4 is 0 Å². The summed E-state index contributed by atoms with van der Waals surface area (Å²) in [6.07, 6.45) is 1.35. The number of piperidine rings is 1. The number of aryl methyl sites for hydroxylation is 3. The lowest BCUT2D eigenvalue weighted by atomic mass is 9.73. The van der Waals surface area contributed by atoms with Crippen LogP contribution in [0.3, 0.4) is 0 Å². The van der Waals surface area contributed by atoms with Gasteiger partial charge in [-0.2, -0.15) is 5.10 Å². The van der Waals surface area contributed by atoms with Gasteiger partial charge in [0.25, 0.3) is 0 Å². The smallest absolute Gasteiger partial charge is 0.224 e. The summed E-state index contributed by atoms with van der Waals surface area (Å²) in [5.74, 6) is 0.569. The van der Waals surface area contributed by atoms with Crippen LogP contribution in [0, 0.1) is 25.2 Å². The molecule has 2 aliphatic rings. The number of carbonyl (C=O) groups is 2. The quantitative estimate of drug-likeness (QED) is 0.790. The monoisotopic (exact) mass is 362 g/mol. The van der Waals surface area contributed by atoms with Crippen molar-refractivity contribution in [2.75, 3.05) is 39.9 Å². The molecule has 3 rings (SSSR count). The Morgan fingerprint density at radius 2 is 2.04 bits per heavy atom. The van der Waals surface area contributed by atoms with E-state index in [9.17, 15) is 9.59 Å². The number of fused-ring (bicyclic) bond motifs is 1. The lowest BCUT2D eigenvalue weighted by molar-refractivity contribution is -0.136. The molecule has 0 unspecified atom stereocenters. The molecule has 0 radical (unpaired) electrons. The molecule has 144 valence electrons. The van der Waals surface area contributed by atoms with Gasteiger partial charge in [-0.3, -0.25) is 14.3 Å². The molecule has 26 heavy (non-hydrogen) atoms. The first-order valence-corrected chi connectivity index (χ1v) is 9.38. The SMILES string of the molecule is COC[C@@]12CCN(C(=O)CCn3nc(C)cc3C)C[C@@H]1CN(C(C)=O)C2. The molecule has 0 aliphatic carbocycles. The Labute approximate surface area is 155 Å². The maximum Gasteiger partial charge on any atom is 0.224 e. The third-order valence-electron chi connectivity index (χ3n) is 6.00. The van der Waals surface area contributed by atoms with Crippen molar-refractivity contribution in [3.05, 3.63) is 17.5 Å². The van der Waals surface area contributed by atoms with Crippen LogP contribution in [0.15, 0.2) is 6.07 Å². The Balaban J connectivity index is 1.62. The number of nitrogens with zero attached hydrogens (tertiary/aromatic N) is 4. The molecule has 7 nitrogen and oxygen atoms in total. The summed E-state index contributed by atoms with van der Waals surface area (Å²) in [5, 5.41) is 4.43. The molecule has 1 aromatic heterocycles. The second kappa shape index (κ2) is 7.39. The average Bonchev–Trinajstić information content (AvgIpc) is 3.12. The molecule has 0 bridgehead atoms. The highest BCUT2D eigenvalue weighted by atomic mass is 16.5. The Morgan fingerprint density at radius 3 is 2.65 bits per heavy atom. The second-order valence-electron chi connectivity index (χ2n) is 7.88. The van der Waals surface area contributed by atoms with Crippen LogP contribution in [0.4, 0.5) is 0 Å². The summed E-state index contributed by atoms with van der Waals surface area (Å²) in [6, 6.07) is 2.03. The van der Waals surface area contributed by atoms with Gasteiger partial charge in [0.2, 0.25) is 11.8 Å². The number of aromatic nitrogens is 2. The normalized spacial score (nSPS) is 25.5. The highest BCUT2D eigenvalue weighted by Crippen LogP contribution is 2.43. The third kappa shape index (κ3) is 3.63. The van der Waals surface area contributed by atoms with Gasteiger partial charge in [0.05, 0.1) is 12.3 Å².